The average molecular weight is 873 g/mol. The van der Waals surface area contributed by atoms with Gasteiger partial charge < -0.3 is 40.2 Å². The molecule has 0 aliphatic heterocycles. The van der Waals surface area contributed by atoms with Crippen LogP contribution in [0.3, 0.4) is 0 Å². The molecule has 8 rings (SSSR count). The van der Waals surface area contributed by atoms with Crippen LogP contribution in [-0.2, 0) is 29.1 Å². The summed E-state index contributed by atoms with van der Waals surface area (Å²) in [6.45, 7) is -0.724. The van der Waals surface area contributed by atoms with E-state index in [2.05, 4.69) is 20.6 Å². The second-order valence-electron chi connectivity index (χ2n) is 14.7. The van der Waals surface area contributed by atoms with Crippen molar-refractivity contribution < 1.29 is 39.6 Å². The lowest BCUT2D eigenvalue weighted by Crippen LogP contribution is -2.30. The van der Waals surface area contributed by atoms with Gasteiger partial charge in [-0.25, -0.2) is 9.97 Å². The molecule has 16 nitrogen and oxygen atoms in total. The van der Waals surface area contributed by atoms with Crippen LogP contribution in [0.1, 0.15) is 43.2 Å². The molecule has 2 amide bonds. The third-order valence-electron chi connectivity index (χ3n) is 10.2. The number of benzene rings is 4. The van der Waals surface area contributed by atoms with Gasteiger partial charge in [0.05, 0.1) is 36.5 Å². The SMILES string of the molecule is O=C(O)CNC(=O)c1ncc2c(cc(-c3ccccc3)c(=O)n2Cc2ccccc2)c1O.O=C(O)CNC(=O)c1ncc2c(cc(Cc3ccccc3)c(=O)n2Cc2ccccc2)c1O. The first-order valence-corrected chi connectivity index (χ1v) is 20.1. The fourth-order valence-electron chi connectivity index (χ4n) is 7.13. The van der Waals surface area contributed by atoms with Crippen LogP contribution in [0.4, 0.5) is 0 Å². The number of aromatic hydroxyl groups is 2. The molecular formula is C49H40N6O10. The van der Waals surface area contributed by atoms with Gasteiger partial charge in [0.2, 0.25) is 0 Å². The van der Waals surface area contributed by atoms with Crippen molar-refractivity contribution in [1.29, 1.82) is 0 Å². The van der Waals surface area contributed by atoms with Gasteiger partial charge in [0.25, 0.3) is 22.9 Å². The van der Waals surface area contributed by atoms with E-state index in [9.17, 15) is 39.0 Å². The van der Waals surface area contributed by atoms with Gasteiger partial charge in [-0.15, -0.1) is 0 Å². The minimum Gasteiger partial charge on any atom is -0.505 e. The van der Waals surface area contributed by atoms with Gasteiger partial charge in [-0.2, -0.15) is 0 Å². The highest BCUT2D eigenvalue weighted by Gasteiger charge is 2.22. The summed E-state index contributed by atoms with van der Waals surface area (Å²) < 4.78 is 3.02. The highest BCUT2D eigenvalue weighted by molar-refractivity contribution is 6.03. The topological polar surface area (TPSA) is 243 Å². The van der Waals surface area contributed by atoms with E-state index in [1.165, 1.54) is 27.6 Å². The van der Waals surface area contributed by atoms with Crippen molar-refractivity contribution in [1.82, 2.24) is 29.7 Å². The fourth-order valence-corrected chi connectivity index (χ4v) is 7.13. The molecule has 0 unspecified atom stereocenters. The Morgan fingerprint density at radius 2 is 0.923 bits per heavy atom. The van der Waals surface area contributed by atoms with Gasteiger partial charge in [-0.1, -0.05) is 121 Å². The molecule has 8 aromatic rings. The van der Waals surface area contributed by atoms with E-state index in [1.54, 1.807) is 30.3 Å². The number of amides is 2. The van der Waals surface area contributed by atoms with E-state index in [1.807, 2.05) is 97.1 Å². The Morgan fingerprint density at radius 1 is 0.523 bits per heavy atom. The van der Waals surface area contributed by atoms with E-state index in [0.29, 0.717) is 34.1 Å². The van der Waals surface area contributed by atoms with Crippen LogP contribution in [0.15, 0.2) is 155 Å². The van der Waals surface area contributed by atoms with Gasteiger partial charge in [0.15, 0.2) is 22.9 Å². The first-order valence-electron chi connectivity index (χ1n) is 20.1. The number of nitrogens with zero attached hydrogens (tertiary/aromatic N) is 4. The van der Waals surface area contributed by atoms with Crippen molar-refractivity contribution in [2.75, 3.05) is 13.1 Å². The summed E-state index contributed by atoms with van der Waals surface area (Å²) in [6.07, 6.45) is 3.03. The van der Waals surface area contributed by atoms with Gasteiger partial charge in [0.1, 0.15) is 13.1 Å². The zero-order chi connectivity index (χ0) is 46.0. The van der Waals surface area contributed by atoms with Gasteiger partial charge >= 0.3 is 11.9 Å². The molecule has 326 valence electrons. The van der Waals surface area contributed by atoms with Crippen LogP contribution < -0.4 is 21.8 Å². The second-order valence-corrected chi connectivity index (χ2v) is 14.7. The summed E-state index contributed by atoms with van der Waals surface area (Å²) in [5, 5.41) is 44.2. The molecular weight excluding hydrogens is 833 g/mol. The third kappa shape index (κ3) is 10.2. The number of carbonyl (C=O) groups is 4. The lowest BCUT2D eigenvalue weighted by Gasteiger charge is -2.15. The number of hydrogen-bond donors (Lipinski definition) is 6. The predicted molar refractivity (Wildman–Crippen MR) is 241 cm³/mol. The fraction of sp³-hybridized carbons (Fsp3) is 0.102. The lowest BCUT2D eigenvalue weighted by molar-refractivity contribution is -0.136. The highest BCUT2D eigenvalue weighted by Crippen LogP contribution is 2.31. The van der Waals surface area contributed by atoms with Gasteiger partial charge in [-0.3, -0.25) is 28.8 Å². The Bertz CT molecular complexity index is 3180. The molecule has 0 aliphatic carbocycles. The molecule has 0 fully saturated rings. The number of hydrogen-bond acceptors (Lipinski definition) is 10. The van der Waals surface area contributed by atoms with Gasteiger partial charge in [0, 0.05) is 28.3 Å². The monoisotopic (exact) mass is 872 g/mol. The van der Waals surface area contributed by atoms with Crippen molar-refractivity contribution in [3.05, 3.63) is 200 Å². The molecule has 16 heteroatoms. The first-order chi connectivity index (χ1) is 31.4. The number of rotatable bonds is 13. The molecule has 0 saturated heterocycles. The molecule has 4 aromatic heterocycles. The van der Waals surface area contributed by atoms with Crippen LogP contribution in [0.5, 0.6) is 11.5 Å². The summed E-state index contributed by atoms with van der Waals surface area (Å²) in [4.78, 5) is 81.1. The number of carboxylic acid groups (broad SMARTS) is 2. The van der Waals surface area contributed by atoms with E-state index in [-0.39, 0.29) is 46.4 Å². The first kappa shape index (κ1) is 44.1. The largest absolute Gasteiger partial charge is 0.505 e. The maximum absolute atomic E-state index is 13.4. The highest BCUT2D eigenvalue weighted by atomic mass is 16.4. The molecule has 0 atom stereocenters. The van der Waals surface area contributed by atoms with Crippen LogP contribution in [0, 0.1) is 0 Å². The van der Waals surface area contributed by atoms with Gasteiger partial charge in [-0.05, 0) is 34.4 Å². The Hall–Kier alpha value is -8.92. The normalized spacial score (nSPS) is 10.8. The average Bonchev–Trinajstić information content (AvgIpc) is 3.31. The van der Waals surface area contributed by atoms with Crippen molar-refractivity contribution in [2.45, 2.75) is 19.5 Å². The number of fused-ring (bicyclic) bond motifs is 2. The quantitative estimate of drug-likeness (QED) is 0.0878. The van der Waals surface area contributed by atoms with Crippen molar-refractivity contribution in [3.63, 3.8) is 0 Å². The Labute approximate surface area is 369 Å². The van der Waals surface area contributed by atoms with Crippen LogP contribution >= 0.6 is 0 Å². The van der Waals surface area contributed by atoms with E-state index in [0.717, 1.165) is 16.7 Å². The number of pyridine rings is 4. The smallest absolute Gasteiger partial charge is 0.322 e. The van der Waals surface area contributed by atoms with Crippen LogP contribution in [0.25, 0.3) is 32.9 Å². The molecule has 0 spiro atoms. The standard InChI is InChI=1S/C25H21N3O5.C24H19N3O5/c29-21(30)14-27-24(32)22-23(31)19-12-18(11-16-7-3-1-4-8-16)25(33)28(20(19)13-26-22)15-17-9-5-2-6-10-17;28-20(29)13-26-23(31)21-22(30)18-11-17(16-9-5-2-6-10-16)24(32)27(19(18)12-25-21)14-15-7-3-1-4-8-15/h1-10,12-13,31H,11,14-15H2,(H,27,32)(H,29,30);1-12,30H,13-14H2,(H,26,31)(H,28,29). The maximum atomic E-state index is 13.4. The minimum atomic E-state index is -1.22. The number of nitrogens with one attached hydrogen (secondary N) is 2. The summed E-state index contributed by atoms with van der Waals surface area (Å²) in [7, 11) is 0. The predicted octanol–water partition coefficient (Wildman–Crippen LogP) is 5.19. The number of carboxylic acids is 2. The number of aromatic nitrogens is 4. The summed E-state index contributed by atoms with van der Waals surface area (Å²) in [5.41, 5.74) is 3.76. The number of carbonyl (C=O) groups excluding carboxylic acids is 2. The molecule has 0 aliphatic rings. The number of aliphatic carboxylic acids is 2. The molecule has 65 heavy (non-hydrogen) atoms. The maximum Gasteiger partial charge on any atom is 0.322 e. The zero-order valence-corrected chi connectivity index (χ0v) is 34.4. The lowest BCUT2D eigenvalue weighted by atomic mass is 10.0. The zero-order valence-electron chi connectivity index (χ0n) is 34.4. The van der Waals surface area contributed by atoms with Crippen molar-refractivity contribution in [3.8, 4) is 22.6 Å². The second kappa shape index (κ2) is 19.9. The van der Waals surface area contributed by atoms with Crippen LogP contribution in [-0.4, -0.2) is 76.4 Å². The molecule has 0 saturated carbocycles. The minimum absolute atomic E-state index is 0.223. The molecule has 4 heterocycles. The molecule has 6 N–H and O–H groups in total. The summed E-state index contributed by atoms with van der Waals surface area (Å²) in [6, 6.07) is 40.3. The molecule has 0 bridgehead atoms. The molecule has 0 radical (unpaired) electrons. The summed E-state index contributed by atoms with van der Waals surface area (Å²) in [5.74, 6) is -4.92. The third-order valence-corrected chi connectivity index (χ3v) is 10.2. The van der Waals surface area contributed by atoms with Crippen molar-refractivity contribution in [2.24, 2.45) is 0 Å². The Balaban J connectivity index is 0.000000194. The Kier molecular flexibility index (Phi) is 13.5. The van der Waals surface area contributed by atoms with E-state index < -0.39 is 48.3 Å². The Morgan fingerprint density at radius 3 is 1.37 bits per heavy atom. The van der Waals surface area contributed by atoms with E-state index >= 15 is 0 Å². The van der Waals surface area contributed by atoms with Crippen molar-refractivity contribution >= 4 is 45.6 Å². The summed E-state index contributed by atoms with van der Waals surface area (Å²) >= 11 is 0. The molecule has 4 aromatic carbocycles. The van der Waals surface area contributed by atoms with Crippen LogP contribution in [0.2, 0.25) is 0 Å². The van der Waals surface area contributed by atoms with E-state index in [4.69, 9.17) is 10.2 Å².